The van der Waals surface area contributed by atoms with Gasteiger partial charge in [0.25, 0.3) is 0 Å². The molecule has 8 heteroatoms. The van der Waals surface area contributed by atoms with Crippen LogP contribution >= 0.6 is 46.4 Å². The van der Waals surface area contributed by atoms with Crippen molar-refractivity contribution in [1.82, 2.24) is 0 Å². The highest BCUT2D eigenvalue weighted by Crippen LogP contribution is 2.43. The molecule has 0 aliphatic carbocycles. The molecule has 2 aromatic rings. The van der Waals surface area contributed by atoms with Gasteiger partial charge in [0, 0.05) is 10.8 Å². The van der Waals surface area contributed by atoms with Gasteiger partial charge in [0.05, 0.1) is 31.2 Å². The maximum absolute atomic E-state index is 11.1. The van der Waals surface area contributed by atoms with E-state index in [9.17, 15) is 9.59 Å². The van der Waals surface area contributed by atoms with Crippen molar-refractivity contribution in [1.29, 1.82) is 0 Å². The summed E-state index contributed by atoms with van der Waals surface area (Å²) < 4.78 is 0. The normalized spacial score (nSPS) is 10.8. The molecule has 0 unspecified atom stereocenters. The predicted molar refractivity (Wildman–Crippen MR) is 77.9 cm³/mol. The lowest BCUT2D eigenvalue weighted by molar-refractivity contribution is 0.0652. The number of benzene rings is 2. The first-order valence-corrected chi connectivity index (χ1v) is 6.53. The summed E-state index contributed by atoms with van der Waals surface area (Å²) in [6.07, 6.45) is 0. The van der Waals surface area contributed by atoms with Crippen LogP contribution in [0.3, 0.4) is 0 Å². The maximum atomic E-state index is 11.1. The zero-order valence-electron chi connectivity index (χ0n) is 9.38. The van der Waals surface area contributed by atoms with Crippen molar-refractivity contribution >= 4 is 69.1 Å². The minimum absolute atomic E-state index is 0.00973. The average Bonchev–Trinajstić information content (AvgIpc) is 2.41. The van der Waals surface area contributed by atoms with Crippen LogP contribution in [0.1, 0.15) is 20.7 Å². The van der Waals surface area contributed by atoms with E-state index in [0.29, 0.717) is 0 Å². The summed E-state index contributed by atoms with van der Waals surface area (Å²) in [6, 6.07) is 2.22. The van der Waals surface area contributed by atoms with Gasteiger partial charge in [0.2, 0.25) is 0 Å². The molecule has 104 valence electrons. The lowest BCUT2D eigenvalue weighted by Crippen LogP contribution is -2.08. The zero-order valence-corrected chi connectivity index (χ0v) is 12.4. The summed E-state index contributed by atoms with van der Waals surface area (Å²) in [5, 5.41) is 18.5. The van der Waals surface area contributed by atoms with Gasteiger partial charge in [0.1, 0.15) is 0 Å². The van der Waals surface area contributed by atoms with E-state index in [1.165, 1.54) is 0 Å². The van der Waals surface area contributed by atoms with E-state index in [0.717, 1.165) is 12.1 Å². The molecule has 0 aliphatic heterocycles. The Hall–Kier alpha value is -1.20. The van der Waals surface area contributed by atoms with Crippen LogP contribution in [0, 0.1) is 0 Å². The molecule has 0 aliphatic rings. The fraction of sp³-hybridized carbons (Fsp3) is 0. The first-order chi connectivity index (χ1) is 9.25. The standard InChI is InChI=1S/C12H4Cl4O4/c13-7-3-1-5(11(17)18)6(12(19)20)2-4(3)8(14)10(16)9(7)15/h1-2H,(H,17,18)(H,19,20). The van der Waals surface area contributed by atoms with Crippen molar-refractivity contribution in [2.75, 3.05) is 0 Å². The van der Waals surface area contributed by atoms with Crippen LogP contribution < -0.4 is 0 Å². The first-order valence-electron chi connectivity index (χ1n) is 5.02. The lowest BCUT2D eigenvalue weighted by Gasteiger charge is -2.11. The molecule has 2 aromatic carbocycles. The van der Waals surface area contributed by atoms with Crippen molar-refractivity contribution in [3.05, 3.63) is 43.4 Å². The third-order valence-electron chi connectivity index (χ3n) is 2.67. The van der Waals surface area contributed by atoms with Gasteiger partial charge in [-0.2, -0.15) is 0 Å². The van der Waals surface area contributed by atoms with Crippen LogP contribution in [0.25, 0.3) is 10.8 Å². The number of carbonyl (C=O) groups is 2. The van der Waals surface area contributed by atoms with Crippen molar-refractivity contribution < 1.29 is 19.8 Å². The van der Waals surface area contributed by atoms with Gasteiger partial charge in [-0.05, 0) is 12.1 Å². The second-order valence-corrected chi connectivity index (χ2v) is 5.32. The Morgan fingerprint density at radius 3 is 1.25 bits per heavy atom. The van der Waals surface area contributed by atoms with Gasteiger partial charge in [-0.1, -0.05) is 46.4 Å². The number of hydrogen-bond acceptors (Lipinski definition) is 2. The van der Waals surface area contributed by atoms with Gasteiger partial charge in [-0.15, -0.1) is 0 Å². The first kappa shape index (κ1) is 15.2. The van der Waals surface area contributed by atoms with Crippen molar-refractivity contribution in [3.63, 3.8) is 0 Å². The number of hydrogen-bond donors (Lipinski definition) is 2. The number of fused-ring (bicyclic) bond motifs is 1. The Bertz CT molecular complexity index is 706. The van der Waals surface area contributed by atoms with Crippen molar-refractivity contribution in [2.24, 2.45) is 0 Å². The molecular weight excluding hydrogens is 350 g/mol. The van der Waals surface area contributed by atoms with E-state index >= 15 is 0 Å². The largest absolute Gasteiger partial charge is 0.478 e. The summed E-state index contributed by atoms with van der Waals surface area (Å²) in [5.41, 5.74) is -0.831. The Balaban J connectivity index is 3.03. The number of halogens is 4. The van der Waals surface area contributed by atoms with E-state index in [1.54, 1.807) is 0 Å². The van der Waals surface area contributed by atoms with E-state index < -0.39 is 23.1 Å². The molecule has 0 atom stereocenters. The molecule has 0 amide bonds. The predicted octanol–water partition coefficient (Wildman–Crippen LogP) is 4.85. The van der Waals surface area contributed by atoms with Crippen molar-refractivity contribution in [2.45, 2.75) is 0 Å². The Labute approximate surface area is 132 Å². The van der Waals surface area contributed by atoms with Crippen LogP contribution in [-0.4, -0.2) is 22.2 Å². The van der Waals surface area contributed by atoms with Crippen LogP contribution in [0.4, 0.5) is 0 Å². The minimum atomic E-state index is -1.40. The molecule has 0 fully saturated rings. The molecule has 0 heterocycles. The molecule has 0 saturated heterocycles. The summed E-state index contributed by atoms with van der Waals surface area (Å²) in [7, 11) is 0. The number of rotatable bonds is 2. The Kier molecular flexibility index (Phi) is 4.02. The highest BCUT2D eigenvalue weighted by molar-refractivity contribution is 6.55. The molecule has 0 bridgehead atoms. The molecule has 0 saturated carbocycles. The molecular formula is C12H4Cl4O4. The summed E-state index contributed by atoms with van der Waals surface area (Å²) in [5.74, 6) is -2.80. The highest BCUT2D eigenvalue weighted by Gasteiger charge is 2.22. The van der Waals surface area contributed by atoms with Crippen LogP contribution in [0.2, 0.25) is 20.1 Å². The van der Waals surface area contributed by atoms with Gasteiger partial charge >= 0.3 is 11.9 Å². The molecule has 0 spiro atoms. The zero-order chi connectivity index (χ0) is 15.2. The lowest BCUT2D eigenvalue weighted by atomic mass is 10.0. The van der Waals surface area contributed by atoms with E-state index in [4.69, 9.17) is 56.6 Å². The SMILES string of the molecule is O=C(O)c1cc2c(Cl)c(Cl)c(Cl)c(Cl)c2cc1C(=O)O. The molecule has 0 radical (unpaired) electrons. The van der Waals surface area contributed by atoms with E-state index in [2.05, 4.69) is 0 Å². The average molecular weight is 354 g/mol. The number of carboxylic acid groups (broad SMARTS) is 2. The van der Waals surface area contributed by atoms with Gasteiger partial charge < -0.3 is 10.2 Å². The fourth-order valence-electron chi connectivity index (χ4n) is 1.75. The molecule has 4 nitrogen and oxygen atoms in total. The monoisotopic (exact) mass is 352 g/mol. The quantitative estimate of drug-likeness (QED) is 0.597. The summed E-state index contributed by atoms with van der Waals surface area (Å²) in [6.45, 7) is 0. The van der Waals surface area contributed by atoms with Crippen LogP contribution in [-0.2, 0) is 0 Å². The smallest absolute Gasteiger partial charge is 0.336 e. The van der Waals surface area contributed by atoms with Gasteiger partial charge in [-0.3, -0.25) is 0 Å². The number of carboxylic acids is 2. The fourth-order valence-corrected chi connectivity index (χ4v) is 2.74. The Morgan fingerprint density at radius 2 is 1.00 bits per heavy atom. The van der Waals surface area contributed by atoms with Crippen LogP contribution in [0.15, 0.2) is 12.1 Å². The van der Waals surface area contributed by atoms with Crippen molar-refractivity contribution in [3.8, 4) is 0 Å². The Morgan fingerprint density at radius 1 is 0.700 bits per heavy atom. The highest BCUT2D eigenvalue weighted by atomic mass is 35.5. The molecule has 2 N–H and O–H groups in total. The third kappa shape index (κ3) is 2.29. The minimum Gasteiger partial charge on any atom is -0.478 e. The summed E-state index contributed by atoms with van der Waals surface area (Å²) in [4.78, 5) is 22.2. The maximum Gasteiger partial charge on any atom is 0.336 e. The van der Waals surface area contributed by atoms with E-state index in [-0.39, 0.29) is 30.9 Å². The topological polar surface area (TPSA) is 74.6 Å². The van der Waals surface area contributed by atoms with Gasteiger partial charge in [0.15, 0.2) is 0 Å². The second-order valence-electron chi connectivity index (χ2n) is 3.81. The molecule has 20 heavy (non-hydrogen) atoms. The number of aromatic carboxylic acids is 2. The third-order valence-corrected chi connectivity index (χ3v) is 4.50. The molecule has 0 aromatic heterocycles. The van der Waals surface area contributed by atoms with E-state index in [1.807, 2.05) is 0 Å². The summed E-state index contributed by atoms with van der Waals surface area (Å²) >= 11 is 23.8. The second kappa shape index (κ2) is 5.30. The van der Waals surface area contributed by atoms with Gasteiger partial charge in [-0.25, -0.2) is 9.59 Å². The van der Waals surface area contributed by atoms with Crippen LogP contribution in [0.5, 0.6) is 0 Å². The molecule has 2 rings (SSSR count).